The molecule has 0 saturated carbocycles. The van der Waals surface area contributed by atoms with Crippen molar-refractivity contribution < 1.29 is 0 Å². The third-order valence-corrected chi connectivity index (χ3v) is 3.27. The first kappa shape index (κ1) is 11.3. The molecule has 0 bridgehead atoms. The van der Waals surface area contributed by atoms with Gasteiger partial charge in [-0.3, -0.25) is 9.88 Å². The Hall–Kier alpha value is -1.81. The van der Waals surface area contributed by atoms with Gasteiger partial charge in [0.15, 0.2) is 0 Å². The third-order valence-electron chi connectivity index (χ3n) is 3.27. The number of hydrogen-bond donors (Lipinski definition) is 0. The molecule has 3 rings (SSSR count). The summed E-state index contributed by atoms with van der Waals surface area (Å²) in [7, 11) is 0. The van der Waals surface area contributed by atoms with Crippen molar-refractivity contribution in [3.63, 3.8) is 0 Å². The molecule has 2 aromatic rings. The molecular formula is C14H16N4. The number of aryl methyl sites for hydroxylation is 1. The maximum Gasteiger partial charge on any atom is 0.125 e. The lowest BCUT2D eigenvalue weighted by molar-refractivity contribution is 0.240. The van der Waals surface area contributed by atoms with Crippen LogP contribution in [0.4, 0.5) is 0 Å². The van der Waals surface area contributed by atoms with Crippen LogP contribution in [0.5, 0.6) is 0 Å². The van der Waals surface area contributed by atoms with Crippen molar-refractivity contribution in [2.75, 3.05) is 6.54 Å². The fraction of sp³-hybridized carbons (Fsp3) is 0.357. The summed E-state index contributed by atoms with van der Waals surface area (Å²) >= 11 is 0. The number of aromatic nitrogens is 3. The van der Waals surface area contributed by atoms with E-state index in [1.807, 2.05) is 31.6 Å². The zero-order chi connectivity index (χ0) is 12.4. The van der Waals surface area contributed by atoms with Crippen molar-refractivity contribution in [2.24, 2.45) is 0 Å². The molecule has 2 aromatic heterocycles. The Morgan fingerprint density at radius 1 is 1.33 bits per heavy atom. The van der Waals surface area contributed by atoms with Crippen LogP contribution in [-0.2, 0) is 19.5 Å². The van der Waals surface area contributed by atoms with Crippen LogP contribution in [0, 0.1) is 6.92 Å². The highest BCUT2D eigenvalue weighted by molar-refractivity contribution is 5.21. The molecule has 0 N–H and O–H groups in total. The van der Waals surface area contributed by atoms with Crippen LogP contribution < -0.4 is 0 Å². The van der Waals surface area contributed by atoms with Crippen LogP contribution >= 0.6 is 0 Å². The Bertz CT molecular complexity index is 539. The molecule has 0 radical (unpaired) electrons. The number of nitrogens with zero attached hydrogens (tertiary/aromatic N) is 4. The van der Waals surface area contributed by atoms with Gasteiger partial charge in [-0.15, -0.1) is 0 Å². The minimum atomic E-state index is 0.858. The zero-order valence-electron chi connectivity index (χ0n) is 10.5. The van der Waals surface area contributed by atoms with Crippen LogP contribution in [0.15, 0.2) is 30.7 Å². The number of hydrogen-bond acceptors (Lipinski definition) is 4. The molecule has 1 aliphatic heterocycles. The molecule has 0 aromatic carbocycles. The first-order valence-corrected chi connectivity index (χ1v) is 6.24. The maximum atomic E-state index is 4.54. The molecule has 3 heterocycles. The summed E-state index contributed by atoms with van der Waals surface area (Å²) in [5, 5.41) is 0. The molecule has 18 heavy (non-hydrogen) atoms. The van der Waals surface area contributed by atoms with Crippen molar-refractivity contribution in [1.82, 2.24) is 19.9 Å². The van der Waals surface area contributed by atoms with Gasteiger partial charge in [0.05, 0.1) is 5.69 Å². The second-order valence-electron chi connectivity index (χ2n) is 4.71. The quantitative estimate of drug-likeness (QED) is 0.802. The second-order valence-corrected chi connectivity index (χ2v) is 4.71. The monoisotopic (exact) mass is 240 g/mol. The van der Waals surface area contributed by atoms with Crippen molar-refractivity contribution in [2.45, 2.75) is 26.4 Å². The summed E-state index contributed by atoms with van der Waals surface area (Å²) in [4.78, 5) is 15.4. The molecule has 1 aliphatic rings. The molecule has 0 saturated heterocycles. The average Bonchev–Trinajstić information content (AvgIpc) is 2.39. The Morgan fingerprint density at radius 3 is 3.11 bits per heavy atom. The third kappa shape index (κ3) is 2.38. The maximum absolute atomic E-state index is 4.54. The van der Waals surface area contributed by atoms with Gasteiger partial charge in [-0.05, 0) is 30.5 Å². The van der Waals surface area contributed by atoms with E-state index >= 15 is 0 Å². The van der Waals surface area contributed by atoms with Crippen LogP contribution in [0.2, 0.25) is 0 Å². The van der Waals surface area contributed by atoms with Gasteiger partial charge in [-0.1, -0.05) is 6.07 Å². The summed E-state index contributed by atoms with van der Waals surface area (Å²) in [6.07, 6.45) is 6.75. The van der Waals surface area contributed by atoms with E-state index in [0.717, 1.165) is 31.9 Å². The molecule has 0 atom stereocenters. The van der Waals surface area contributed by atoms with Crippen molar-refractivity contribution in [3.8, 4) is 0 Å². The summed E-state index contributed by atoms with van der Waals surface area (Å²) in [5.74, 6) is 0.858. The standard InChI is InChI=1S/C14H16N4/c1-11-16-8-13-4-6-18(10-14(13)17-11)9-12-3-2-5-15-7-12/h2-3,5,7-8H,4,6,9-10H2,1H3. The molecule has 0 fully saturated rings. The minimum Gasteiger partial charge on any atom is -0.293 e. The van der Waals surface area contributed by atoms with E-state index in [4.69, 9.17) is 0 Å². The highest BCUT2D eigenvalue weighted by Crippen LogP contribution is 2.17. The Balaban J connectivity index is 1.75. The molecule has 4 nitrogen and oxygen atoms in total. The van der Waals surface area contributed by atoms with Crippen LogP contribution in [-0.4, -0.2) is 26.4 Å². The lowest BCUT2D eigenvalue weighted by Crippen LogP contribution is -2.31. The Labute approximate surface area is 107 Å². The van der Waals surface area contributed by atoms with Gasteiger partial charge in [0.2, 0.25) is 0 Å². The second kappa shape index (κ2) is 4.82. The first-order valence-electron chi connectivity index (χ1n) is 6.24. The van der Waals surface area contributed by atoms with E-state index < -0.39 is 0 Å². The van der Waals surface area contributed by atoms with Crippen LogP contribution in [0.25, 0.3) is 0 Å². The molecule has 0 unspecified atom stereocenters. The lowest BCUT2D eigenvalue weighted by Gasteiger charge is -2.27. The average molecular weight is 240 g/mol. The fourth-order valence-corrected chi connectivity index (χ4v) is 2.34. The van der Waals surface area contributed by atoms with Crippen LogP contribution in [0.3, 0.4) is 0 Å². The fourth-order valence-electron chi connectivity index (χ4n) is 2.34. The van der Waals surface area contributed by atoms with Crippen molar-refractivity contribution >= 4 is 0 Å². The van der Waals surface area contributed by atoms with Gasteiger partial charge in [-0.2, -0.15) is 0 Å². The topological polar surface area (TPSA) is 41.9 Å². The van der Waals surface area contributed by atoms with Gasteiger partial charge in [0, 0.05) is 38.2 Å². The smallest absolute Gasteiger partial charge is 0.125 e. The SMILES string of the molecule is Cc1ncc2c(n1)CN(Cc1cccnc1)CC2. The van der Waals surface area contributed by atoms with Crippen molar-refractivity contribution in [1.29, 1.82) is 0 Å². The summed E-state index contributed by atoms with van der Waals surface area (Å²) in [6.45, 7) is 4.86. The molecule has 0 spiro atoms. The van der Waals surface area contributed by atoms with Crippen molar-refractivity contribution in [3.05, 3.63) is 53.4 Å². The predicted octanol–water partition coefficient (Wildman–Crippen LogP) is 1.74. The Kier molecular flexibility index (Phi) is 3.02. The summed E-state index contributed by atoms with van der Waals surface area (Å²) < 4.78 is 0. The number of fused-ring (bicyclic) bond motifs is 1. The van der Waals surface area contributed by atoms with Crippen LogP contribution in [0.1, 0.15) is 22.6 Å². The largest absolute Gasteiger partial charge is 0.293 e. The Morgan fingerprint density at radius 2 is 2.28 bits per heavy atom. The highest BCUT2D eigenvalue weighted by atomic mass is 15.1. The highest BCUT2D eigenvalue weighted by Gasteiger charge is 2.17. The van der Waals surface area contributed by atoms with Gasteiger partial charge >= 0.3 is 0 Å². The normalized spacial score (nSPS) is 15.4. The van der Waals surface area contributed by atoms with Gasteiger partial charge in [-0.25, -0.2) is 9.97 Å². The predicted molar refractivity (Wildman–Crippen MR) is 68.8 cm³/mol. The van der Waals surface area contributed by atoms with E-state index in [-0.39, 0.29) is 0 Å². The number of pyridine rings is 1. The van der Waals surface area contributed by atoms with Gasteiger partial charge in [0.1, 0.15) is 5.82 Å². The lowest BCUT2D eigenvalue weighted by atomic mass is 10.1. The summed E-state index contributed by atoms with van der Waals surface area (Å²) in [5.41, 5.74) is 3.73. The number of rotatable bonds is 2. The molecule has 92 valence electrons. The van der Waals surface area contributed by atoms with E-state index in [2.05, 4.69) is 25.9 Å². The molecule has 0 aliphatic carbocycles. The minimum absolute atomic E-state index is 0.858. The first-order chi connectivity index (χ1) is 8.81. The van der Waals surface area contributed by atoms with Gasteiger partial charge < -0.3 is 0 Å². The van der Waals surface area contributed by atoms with E-state index in [0.29, 0.717) is 0 Å². The van der Waals surface area contributed by atoms with E-state index in [1.165, 1.54) is 16.8 Å². The molecular weight excluding hydrogens is 224 g/mol. The molecule has 0 amide bonds. The zero-order valence-corrected chi connectivity index (χ0v) is 10.5. The van der Waals surface area contributed by atoms with Gasteiger partial charge in [0.25, 0.3) is 0 Å². The molecule has 4 heteroatoms. The van der Waals surface area contributed by atoms with E-state index in [9.17, 15) is 0 Å². The summed E-state index contributed by atoms with van der Waals surface area (Å²) in [6, 6.07) is 4.10. The van der Waals surface area contributed by atoms with E-state index in [1.54, 1.807) is 0 Å².